The Bertz CT molecular complexity index is 1260. The summed E-state index contributed by atoms with van der Waals surface area (Å²) in [4.78, 5) is 2.82. The lowest BCUT2D eigenvalue weighted by Gasteiger charge is -2.35. The summed E-state index contributed by atoms with van der Waals surface area (Å²) in [5, 5.41) is 0. The molecule has 3 nitrogen and oxygen atoms in total. The van der Waals surface area contributed by atoms with Gasteiger partial charge in [-0.15, -0.1) is 8.42 Å². The number of hydrogen-bond acceptors (Lipinski definition) is 2. The minimum atomic E-state index is -3.94. The SMILES string of the molecule is CC(C)(C)c1ccc(S([OH+]S(=O)(=O)c2ccccc2)(c2ccccc2)c2ccccc2)cc1. The van der Waals surface area contributed by atoms with Gasteiger partial charge in [0.2, 0.25) is 0 Å². The largest absolute Gasteiger partial charge is 0.422 e. The average Bonchev–Trinajstić information content (AvgIpc) is 2.84. The van der Waals surface area contributed by atoms with Crippen LogP contribution in [-0.4, -0.2) is 12.0 Å². The van der Waals surface area contributed by atoms with Gasteiger partial charge in [0.05, 0.1) is 25.0 Å². The molecule has 0 aliphatic rings. The van der Waals surface area contributed by atoms with E-state index >= 15 is 0 Å². The number of benzene rings is 4. The van der Waals surface area contributed by atoms with Crippen molar-refractivity contribution in [1.29, 1.82) is 0 Å². The Balaban J connectivity index is 2.00. The summed E-state index contributed by atoms with van der Waals surface area (Å²) in [5.74, 6) is 0. The van der Waals surface area contributed by atoms with Gasteiger partial charge in [-0.05, 0) is 59.5 Å². The van der Waals surface area contributed by atoms with Gasteiger partial charge >= 0.3 is 10.1 Å². The van der Waals surface area contributed by atoms with Gasteiger partial charge in [0.1, 0.15) is 4.90 Å². The lowest BCUT2D eigenvalue weighted by molar-refractivity contribution is 0.387. The molecule has 0 aromatic heterocycles. The van der Waals surface area contributed by atoms with Crippen molar-refractivity contribution in [2.75, 3.05) is 0 Å². The Morgan fingerprint density at radius 1 is 0.515 bits per heavy atom. The van der Waals surface area contributed by atoms with Crippen molar-refractivity contribution < 1.29 is 12.0 Å². The third-order valence-corrected chi connectivity index (χ3v) is 10.9. The van der Waals surface area contributed by atoms with Crippen molar-refractivity contribution in [2.24, 2.45) is 0 Å². The summed E-state index contributed by atoms with van der Waals surface area (Å²) in [5.41, 5.74) is 1.18. The van der Waals surface area contributed by atoms with Crippen LogP contribution in [0.25, 0.3) is 0 Å². The predicted octanol–water partition coefficient (Wildman–Crippen LogP) is 7.66. The van der Waals surface area contributed by atoms with Crippen LogP contribution in [0, 0.1) is 0 Å². The van der Waals surface area contributed by atoms with Gasteiger partial charge in [-0.2, -0.15) is 0 Å². The van der Waals surface area contributed by atoms with Gasteiger partial charge in [-0.3, -0.25) is 3.63 Å². The molecule has 4 aromatic rings. The minimum Gasteiger partial charge on any atom is -0.258 e. The zero-order chi connectivity index (χ0) is 23.5. The standard InChI is InChI=1S/C28H28O3S2/c1-28(2,3)23-19-21-26(22-20-23)32(24-13-7-4-8-14-24,25-15-9-5-10-16-25)31-33(29,30)27-17-11-6-12-18-27/h4-22H,1-3H3/p+1. The van der Waals surface area contributed by atoms with Crippen LogP contribution in [0.5, 0.6) is 0 Å². The molecule has 0 atom stereocenters. The molecular weight excluding hydrogens is 448 g/mol. The first-order valence-corrected chi connectivity index (χ1v) is 13.8. The fraction of sp³-hybridized carbons (Fsp3) is 0.143. The first kappa shape index (κ1) is 23.3. The zero-order valence-electron chi connectivity index (χ0n) is 19.0. The summed E-state index contributed by atoms with van der Waals surface area (Å²) in [7, 11) is -6.40. The van der Waals surface area contributed by atoms with Gasteiger partial charge in [0.15, 0.2) is 0 Å². The summed E-state index contributed by atoms with van der Waals surface area (Å²) >= 11 is 0. The Hall–Kier alpha value is -2.86. The van der Waals surface area contributed by atoms with E-state index in [9.17, 15) is 8.42 Å². The summed E-state index contributed by atoms with van der Waals surface area (Å²) in [6, 6.07) is 36.3. The summed E-state index contributed by atoms with van der Waals surface area (Å²) in [6.07, 6.45) is 0. The Kier molecular flexibility index (Phi) is 6.48. The molecular formula is C28H29O3S2+. The monoisotopic (exact) mass is 477 g/mol. The molecule has 4 aromatic carbocycles. The highest BCUT2D eigenvalue weighted by Gasteiger charge is 2.43. The maximum Gasteiger partial charge on any atom is 0.422 e. The molecule has 0 heterocycles. The Labute approximate surface area is 198 Å². The van der Waals surface area contributed by atoms with Crippen LogP contribution in [0.4, 0.5) is 0 Å². The normalized spacial score (nSPS) is 12.9. The zero-order valence-corrected chi connectivity index (χ0v) is 20.7. The maximum absolute atomic E-state index is 13.6. The molecule has 0 aliphatic heterocycles. The molecule has 5 heteroatoms. The van der Waals surface area contributed by atoms with Crippen molar-refractivity contribution in [1.82, 2.24) is 0 Å². The molecule has 0 aliphatic carbocycles. The van der Waals surface area contributed by atoms with E-state index in [1.165, 1.54) is 5.56 Å². The molecule has 0 unspecified atom stereocenters. The topological polar surface area (TPSA) is 46.9 Å². The van der Waals surface area contributed by atoms with Crippen LogP contribution in [0.1, 0.15) is 26.3 Å². The molecule has 4 rings (SSSR count). The van der Waals surface area contributed by atoms with Crippen LogP contribution in [0.2, 0.25) is 0 Å². The molecule has 0 saturated heterocycles. The minimum absolute atomic E-state index is 0.0106. The summed E-state index contributed by atoms with van der Waals surface area (Å²) < 4.78 is 32.1. The van der Waals surface area contributed by atoms with E-state index in [4.69, 9.17) is 3.63 Å². The van der Waals surface area contributed by atoms with Crippen molar-refractivity contribution in [3.8, 4) is 0 Å². The van der Waals surface area contributed by atoms with E-state index in [2.05, 4.69) is 32.9 Å². The molecule has 0 bridgehead atoms. The highest BCUT2D eigenvalue weighted by Crippen LogP contribution is 2.68. The third-order valence-electron chi connectivity index (χ3n) is 5.48. The van der Waals surface area contributed by atoms with Crippen molar-refractivity contribution in [3.05, 3.63) is 121 Å². The Morgan fingerprint density at radius 3 is 1.27 bits per heavy atom. The smallest absolute Gasteiger partial charge is 0.258 e. The lowest BCUT2D eigenvalue weighted by Crippen LogP contribution is -2.19. The molecule has 33 heavy (non-hydrogen) atoms. The fourth-order valence-corrected chi connectivity index (χ4v) is 9.21. The van der Waals surface area contributed by atoms with Crippen LogP contribution in [0.15, 0.2) is 135 Å². The van der Waals surface area contributed by atoms with E-state index in [-0.39, 0.29) is 10.3 Å². The second-order valence-corrected chi connectivity index (χ2v) is 13.4. The van der Waals surface area contributed by atoms with Gasteiger partial charge in [0, 0.05) is 0 Å². The average molecular weight is 478 g/mol. The van der Waals surface area contributed by atoms with Crippen molar-refractivity contribution in [3.63, 3.8) is 0 Å². The van der Waals surface area contributed by atoms with Crippen LogP contribution < -0.4 is 0 Å². The Morgan fingerprint density at radius 2 is 0.879 bits per heavy atom. The molecule has 0 saturated carbocycles. The van der Waals surface area contributed by atoms with Crippen LogP contribution in [0.3, 0.4) is 0 Å². The maximum atomic E-state index is 13.6. The second kappa shape index (κ2) is 9.18. The van der Waals surface area contributed by atoms with E-state index in [0.29, 0.717) is 0 Å². The fourth-order valence-electron chi connectivity index (χ4n) is 3.71. The lowest BCUT2D eigenvalue weighted by atomic mass is 9.87. The van der Waals surface area contributed by atoms with Crippen molar-refractivity contribution in [2.45, 2.75) is 45.8 Å². The molecule has 1 N–H and O–H groups in total. The molecule has 0 radical (unpaired) electrons. The predicted molar refractivity (Wildman–Crippen MR) is 137 cm³/mol. The quantitative estimate of drug-likeness (QED) is 0.211. The molecule has 0 fully saturated rings. The molecule has 0 spiro atoms. The number of hydrogen-bond donors (Lipinski definition) is 0. The molecule has 170 valence electrons. The van der Waals surface area contributed by atoms with Gasteiger partial charge < -0.3 is 0 Å². The third kappa shape index (κ3) is 4.76. The molecule has 0 amide bonds. The first-order chi connectivity index (χ1) is 15.7. The van der Waals surface area contributed by atoms with Gasteiger partial charge in [-0.1, -0.05) is 87.5 Å². The summed E-state index contributed by atoms with van der Waals surface area (Å²) in [6.45, 7) is 6.50. The van der Waals surface area contributed by atoms with Gasteiger partial charge in [0.25, 0.3) is 0 Å². The van der Waals surface area contributed by atoms with E-state index in [0.717, 1.165) is 14.7 Å². The first-order valence-electron chi connectivity index (χ1n) is 10.8. The van der Waals surface area contributed by atoms with E-state index in [1.807, 2.05) is 72.8 Å². The van der Waals surface area contributed by atoms with Crippen molar-refractivity contribution >= 4 is 20.4 Å². The highest BCUT2D eigenvalue weighted by molar-refractivity contribution is 8.32. The van der Waals surface area contributed by atoms with E-state index in [1.54, 1.807) is 30.3 Å². The van der Waals surface area contributed by atoms with Gasteiger partial charge in [-0.25, -0.2) is 0 Å². The van der Waals surface area contributed by atoms with Crippen LogP contribution >= 0.6 is 10.3 Å². The second-order valence-electron chi connectivity index (χ2n) is 8.84. The van der Waals surface area contributed by atoms with Crippen LogP contribution in [-0.2, 0) is 15.5 Å². The van der Waals surface area contributed by atoms with E-state index < -0.39 is 20.4 Å². The highest BCUT2D eigenvalue weighted by atomic mass is 32.3. The number of rotatable bonds is 6.